The monoisotopic (exact) mass is 461 g/mol. The van der Waals surface area contributed by atoms with Crippen molar-refractivity contribution in [3.05, 3.63) is 60.2 Å². The van der Waals surface area contributed by atoms with Crippen LogP contribution in [0.15, 0.2) is 64.1 Å². The van der Waals surface area contributed by atoms with Gasteiger partial charge in [-0.2, -0.15) is 0 Å². The second-order valence-electron chi connectivity index (χ2n) is 8.62. The number of anilines is 1. The van der Waals surface area contributed by atoms with Crippen LogP contribution in [0.3, 0.4) is 0 Å². The van der Waals surface area contributed by atoms with Gasteiger partial charge in [0.25, 0.3) is 0 Å². The van der Waals surface area contributed by atoms with Crippen LogP contribution in [0, 0.1) is 0 Å². The van der Waals surface area contributed by atoms with E-state index >= 15 is 0 Å². The normalized spacial score (nSPS) is 17.2. The molecule has 1 atom stereocenters. The number of hydrogen-bond donors (Lipinski definition) is 1. The van der Waals surface area contributed by atoms with Gasteiger partial charge in [0, 0.05) is 36.9 Å². The van der Waals surface area contributed by atoms with Crippen LogP contribution in [0.4, 0.5) is 5.69 Å². The van der Waals surface area contributed by atoms with Gasteiger partial charge >= 0.3 is 0 Å². The summed E-state index contributed by atoms with van der Waals surface area (Å²) in [7, 11) is -0.676. The predicted molar refractivity (Wildman–Crippen MR) is 128 cm³/mol. The number of H-pyrrole nitrogens is 1. The summed E-state index contributed by atoms with van der Waals surface area (Å²) in [5, 5.41) is 10.5. The summed E-state index contributed by atoms with van der Waals surface area (Å²) in [4.78, 5) is 6.00. The maximum absolute atomic E-state index is 12.8. The van der Waals surface area contributed by atoms with E-state index in [4.69, 9.17) is 4.63 Å². The average Bonchev–Trinajstić information content (AvgIpc) is 3.55. The van der Waals surface area contributed by atoms with Crippen molar-refractivity contribution < 1.29 is 13.0 Å². The van der Waals surface area contributed by atoms with Gasteiger partial charge in [-0.3, -0.25) is 0 Å². The minimum atomic E-state index is -3.68. The van der Waals surface area contributed by atoms with Crippen LogP contribution in [0.2, 0.25) is 0 Å². The van der Waals surface area contributed by atoms with Crippen molar-refractivity contribution in [3.63, 3.8) is 0 Å². The number of sulfonamides is 1. The quantitative estimate of drug-likeness (QED) is 0.425. The molecule has 0 radical (unpaired) electrons. The fourth-order valence-electron chi connectivity index (χ4n) is 5.02. The first-order chi connectivity index (χ1) is 16.0. The average molecular weight is 462 g/mol. The Morgan fingerprint density at radius 2 is 1.79 bits per heavy atom. The van der Waals surface area contributed by atoms with E-state index in [1.54, 1.807) is 6.07 Å². The van der Waals surface area contributed by atoms with Crippen LogP contribution in [0.25, 0.3) is 32.8 Å². The van der Waals surface area contributed by atoms with E-state index in [-0.39, 0.29) is 16.5 Å². The molecule has 0 bridgehead atoms. The zero-order valence-electron chi connectivity index (χ0n) is 18.3. The second kappa shape index (κ2) is 7.29. The first kappa shape index (κ1) is 20.2. The lowest BCUT2D eigenvalue weighted by atomic mass is 10.0. The molecule has 9 heteroatoms. The standard InChI is InChI=1S/C24H23N5O3S/c1-28(2)33(30,31)21-13-12-20(23-24(21)27-32-26-23)29-14-6-11-19(29)17-9-5-8-16-15-7-3-4-10-18(15)25-22(16)17/h3-5,7-10,12-13,19,25H,6,11,14H2,1-2H3. The predicted octanol–water partition coefficient (Wildman–Crippen LogP) is 4.45. The molecule has 1 N–H and O–H groups in total. The molecule has 3 aromatic carbocycles. The van der Waals surface area contributed by atoms with Gasteiger partial charge < -0.3 is 9.88 Å². The van der Waals surface area contributed by atoms with Gasteiger partial charge in [-0.15, -0.1) is 0 Å². The second-order valence-corrected chi connectivity index (χ2v) is 10.7. The zero-order chi connectivity index (χ0) is 22.7. The molecule has 1 aliphatic heterocycles. The number of benzene rings is 3. The van der Waals surface area contributed by atoms with Gasteiger partial charge in [-0.1, -0.05) is 36.4 Å². The fraction of sp³-hybridized carbons (Fsp3) is 0.250. The van der Waals surface area contributed by atoms with Crippen LogP contribution in [0.5, 0.6) is 0 Å². The number of aromatic amines is 1. The molecule has 1 fully saturated rings. The number of aromatic nitrogens is 3. The fourth-order valence-corrected chi connectivity index (χ4v) is 6.03. The number of nitrogens with one attached hydrogen (secondary N) is 1. The molecule has 0 amide bonds. The molecular formula is C24H23N5O3S. The summed E-state index contributed by atoms with van der Waals surface area (Å²) in [6.45, 7) is 0.836. The van der Waals surface area contributed by atoms with E-state index in [2.05, 4.69) is 56.6 Å². The van der Waals surface area contributed by atoms with Crippen molar-refractivity contribution in [3.8, 4) is 0 Å². The molecule has 168 valence electrons. The van der Waals surface area contributed by atoms with Gasteiger partial charge in [0.2, 0.25) is 10.0 Å². The molecule has 33 heavy (non-hydrogen) atoms. The van der Waals surface area contributed by atoms with Crippen molar-refractivity contribution in [2.75, 3.05) is 25.5 Å². The maximum Gasteiger partial charge on any atom is 0.244 e. The number of para-hydroxylation sites is 2. The topological polar surface area (TPSA) is 95.3 Å². The smallest absolute Gasteiger partial charge is 0.244 e. The highest BCUT2D eigenvalue weighted by atomic mass is 32.2. The Hall–Kier alpha value is -3.43. The molecule has 0 spiro atoms. The van der Waals surface area contributed by atoms with Crippen molar-refractivity contribution >= 4 is 48.5 Å². The summed E-state index contributed by atoms with van der Waals surface area (Å²) < 4.78 is 31.8. The Kier molecular flexibility index (Phi) is 4.46. The highest BCUT2D eigenvalue weighted by Crippen LogP contribution is 2.42. The molecule has 1 saturated heterocycles. The Bertz CT molecular complexity index is 1620. The maximum atomic E-state index is 12.8. The summed E-state index contributed by atoms with van der Waals surface area (Å²) in [5.41, 5.74) is 5.03. The van der Waals surface area contributed by atoms with Gasteiger partial charge in [-0.25, -0.2) is 17.4 Å². The number of fused-ring (bicyclic) bond motifs is 4. The van der Waals surface area contributed by atoms with E-state index in [0.717, 1.165) is 36.1 Å². The largest absolute Gasteiger partial charge is 0.362 e. The lowest BCUT2D eigenvalue weighted by Crippen LogP contribution is -2.24. The van der Waals surface area contributed by atoms with Crippen LogP contribution in [-0.4, -0.2) is 48.7 Å². The van der Waals surface area contributed by atoms with Crippen LogP contribution in [0.1, 0.15) is 24.4 Å². The molecule has 0 saturated carbocycles. The molecule has 1 unspecified atom stereocenters. The molecular weight excluding hydrogens is 438 g/mol. The van der Waals surface area contributed by atoms with E-state index in [0.29, 0.717) is 5.52 Å². The Morgan fingerprint density at radius 1 is 1.00 bits per heavy atom. The highest BCUT2D eigenvalue weighted by Gasteiger charge is 2.32. The van der Waals surface area contributed by atoms with Gasteiger partial charge in [0.05, 0.1) is 17.2 Å². The summed E-state index contributed by atoms with van der Waals surface area (Å²) in [6.07, 6.45) is 2.00. The number of nitrogens with zero attached hydrogens (tertiary/aromatic N) is 4. The third-order valence-electron chi connectivity index (χ3n) is 6.61. The molecule has 2 aromatic heterocycles. The Labute approximate surface area is 190 Å². The lowest BCUT2D eigenvalue weighted by molar-refractivity contribution is 0.315. The molecule has 1 aliphatic rings. The van der Waals surface area contributed by atoms with Crippen LogP contribution < -0.4 is 4.90 Å². The molecule has 8 nitrogen and oxygen atoms in total. The lowest BCUT2D eigenvalue weighted by Gasteiger charge is -2.28. The van der Waals surface area contributed by atoms with Gasteiger partial charge in [0.15, 0.2) is 11.0 Å². The SMILES string of the molecule is CN(C)S(=O)(=O)c1ccc(N2CCCC2c2cccc3c2[nH]c2ccccc23)c2nonc12. The minimum absolute atomic E-state index is 0.0981. The molecule has 5 aromatic rings. The molecule has 3 heterocycles. The van der Waals surface area contributed by atoms with Crippen LogP contribution >= 0.6 is 0 Å². The van der Waals surface area contributed by atoms with Crippen molar-refractivity contribution in [2.45, 2.75) is 23.8 Å². The molecule has 6 rings (SSSR count). The van der Waals surface area contributed by atoms with E-state index in [9.17, 15) is 8.42 Å². The van der Waals surface area contributed by atoms with E-state index < -0.39 is 10.0 Å². The highest BCUT2D eigenvalue weighted by molar-refractivity contribution is 7.89. The summed E-state index contributed by atoms with van der Waals surface area (Å²) in [6, 6.07) is 18.3. The van der Waals surface area contributed by atoms with Crippen molar-refractivity contribution in [1.29, 1.82) is 0 Å². The summed E-state index contributed by atoms with van der Waals surface area (Å²) in [5.74, 6) is 0. The first-order valence-corrected chi connectivity index (χ1v) is 12.3. The third kappa shape index (κ3) is 2.96. The van der Waals surface area contributed by atoms with Crippen molar-refractivity contribution in [2.24, 2.45) is 0 Å². The summed E-state index contributed by atoms with van der Waals surface area (Å²) >= 11 is 0. The van der Waals surface area contributed by atoms with E-state index in [1.165, 1.54) is 34.7 Å². The number of rotatable bonds is 4. The minimum Gasteiger partial charge on any atom is -0.362 e. The third-order valence-corrected chi connectivity index (χ3v) is 8.46. The zero-order valence-corrected chi connectivity index (χ0v) is 19.1. The van der Waals surface area contributed by atoms with Gasteiger partial charge in [0.1, 0.15) is 4.90 Å². The molecule has 0 aliphatic carbocycles. The van der Waals surface area contributed by atoms with E-state index in [1.807, 2.05) is 12.1 Å². The number of hydrogen-bond acceptors (Lipinski definition) is 6. The van der Waals surface area contributed by atoms with Crippen molar-refractivity contribution in [1.82, 2.24) is 19.6 Å². The van der Waals surface area contributed by atoms with Crippen LogP contribution in [-0.2, 0) is 10.0 Å². The Morgan fingerprint density at radius 3 is 2.64 bits per heavy atom. The van der Waals surface area contributed by atoms with Gasteiger partial charge in [-0.05, 0) is 46.9 Å². The Balaban J connectivity index is 1.50. The first-order valence-electron chi connectivity index (χ1n) is 10.9.